The molecule has 0 bridgehead atoms. The van der Waals surface area contributed by atoms with E-state index in [2.05, 4.69) is 13.6 Å². The van der Waals surface area contributed by atoms with E-state index in [9.17, 15) is 4.39 Å². The number of benzene rings is 2. The number of ether oxygens (including phenoxy) is 1. The Labute approximate surface area is 119 Å². The summed E-state index contributed by atoms with van der Waals surface area (Å²) in [4.78, 5) is 0. The van der Waals surface area contributed by atoms with Crippen LogP contribution in [0.2, 0.25) is 18.7 Å². The van der Waals surface area contributed by atoms with Gasteiger partial charge in [-0.3, -0.25) is 0 Å². The third kappa shape index (κ3) is 4.00. The summed E-state index contributed by atoms with van der Waals surface area (Å²) in [5.74, 6) is 0.746. The molecule has 2 aromatic rings. The zero-order valence-electron chi connectivity index (χ0n) is 10.3. The molecular formula is C15H17BClFO. The molecular weight excluding hydrogens is 261 g/mol. The van der Waals surface area contributed by atoms with Gasteiger partial charge in [-0.2, -0.15) is 0 Å². The fourth-order valence-electron chi connectivity index (χ4n) is 1.71. The summed E-state index contributed by atoms with van der Waals surface area (Å²) in [6.07, 6.45) is 0. The number of rotatable bonds is 3. The Kier molecular flexibility index (Phi) is 5.43. The van der Waals surface area contributed by atoms with E-state index in [1.807, 2.05) is 12.1 Å². The van der Waals surface area contributed by atoms with E-state index in [-0.39, 0.29) is 13.2 Å². The van der Waals surface area contributed by atoms with Gasteiger partial charge in [-0.25, -0.2) is 4.39 Å². The number of hydrogen-bond donors (Lipinski definition) is 0. The van der Waals surface area contributed by atoms with Crippen molar-refractivity contribution in [3.05, 3.63) is 53.3 Å². The highest BCUT2D eigenvalue weighted by Gasteiger charge is 2.09. The molecule has 2 aromatic carbocycles. The quantitative estimate of drug-likeness (QED) is 0.728. The molecule has 19 heavy (non-hydrogen) atoms. The van der Waals surface area contributed by atoms with E-state index in [0.717, 1.165) is 5.46 Å². The van der Waals surface area contributed by atoms with Crippen molar-refractivity contribution < 1.29 is 9.13 Å². The first kappa shape index (κ1) is 15.6. The molecule has 2 rings (SSSR count). The van der Waals surface area contributed by atoms with Crippen molar-refractivity contribution in [2.24, 2.45) is 0 Å². The molecule has 0 saturated heterocycles. The summed E-state index contributed by atoms with van der Waals surface area (Å²) < 4.78 is 18.6. The van der Waals surface area contributed by atoms with Gasteiger partial charge < -0.3 is 4.74 Å². The van der Waals surface area contributed by atoms with Gasteiger partial charge in [0.25, 0.3) is 0 Å². The Bertz CT molecular complexity index is 558. The van der Waals surface area contributed by atoms with Crippen molar-refractivity contribution in [3.8, 4) is 11.5 Å². The minimum atomic E-state index is -0.322. The van der Waals surface area contributed by atoms with Crippen molar-refractivity contribution in [2.75, 3.05) is 0 Å². The van der Waals surface area contributed by atoms with Crippen LogP contribution in [0, 0.1) is 5.82 Å². The highest BCUT2D eigenvalue weighted by Crippen LogP contribution is 2.24. The van der Waals surface area contributed by atoms with Crippen LogP contribution >= 0.6 is 11.6 Å². The highest BCUT2D eigenvalue weighted by atomic mass is 35.5. The summed E-state index contributed by atoms with van der Waals surface area (Å²) in [5, 5.41) is 0.666. The first-order valence-corrected chi connectivity index (χ1v) is 6.17. The van der Waals surface area contributed by atoms with Crippen LogP contribution in [-0.2, 0) is 0 Å². The molecule has 100 valence electrons. The van der Waals surface area contributed by atoms with Crippen LogP contribution in [-0.4, -0.2) is 6.71 Å². The molecule has 0 atom stereocenters. The van der Waals surface area contributed by atoms with Gasteiger partial charge in [-0.1, -0.05) is 50.3 Å². The van der Waals surface area contributed by atoms with Crippen molar-refractivity contribution in [2.45, 2.75) is 21.1 Å². The minimum absolute atomic E-state index is 0. The Hall–Kier alpha value is -1.48. The normalized spacial score (nSPS) is 9.68. The Morgan fingerprint density at radius 1 is 1.05 bits per heavy atom. The van der Waals surface area contributed by atoms with Crippen molar-refractivity contribution >= 4 is 23.8 Å². The van der Waals surface area contributed by atoms with Crippen LogP contribution in [0.25, 0.3) is 0 Å². The zero-order chi connectivity index (χ0) is 13.1. The SMILES string of the molecule is C.CB(C)c1ccc(Oc2cccc(F)c2)cc1Cl. The van der Waals surface area contributed by atoms with E-state index >= 15 is 0 Å². The lowest BCUT2D eigenvalue weighted by Gasteiger charge is -2.10. The van der Waals surface area contributed by atoms with E-state index in [1.165, 1.54) is 12.1 Å². The van der Waals surface area contributed by atoms with Gasteiger partial charge in [-0.05, 0) is 24.3 Å². The Morgan fingerprint density at radius 3 is 2.32 bits per heavy atom. The van der Waals surface area contributed by atoms with Crippen molar-refractivity contribution in [3.63, 3.8) is 0 Å². The molecule has 0 aliphatic rings. The van der Waals surface area contributed by atoms with Crippen LogP contribution < -0.4 is 10.2 Å². The number of halogens is 2. The molecule has 0 saturated carbocycles. The molecule has 1 nitrogen and oxygen atoms in total. The molecule has 0 aliphatic carbocycles. The van der Waals surface area contributed by atoms with Gasteiger partial charge in [0, 0.05) is 11.1 Å². The van der Waals surface area contributed by atoms with Gasteiger partial charge in [0.2, 0.25) is 0 Å². The first-order valence-electron chi connectivity index (χ1n) is 5.79. The van der Waals surface area contributed by atoms with Gasteiger partial charge in [0.15, 0.2) is 6.71 Å². The predicted molar refractivity (Wildman–Crippen MR) is 81.8 cm³/mol. The van der Waals surface area contributed by atoms with Crippen LogP contribution in [0.15, 0.2) is 42.5 Å². The van der Waals surface area contributed by atoms with E-state index in [1.54, 1.807) is 18.2 Å². The maximum atomic E-state index is 13.0. The molecule has 0 amide bonds. The molecule has 0 N–H and O–H groups in total. The standard InChI is InChI=1S/C14H13BClFO.CH4/c1-15(2)13-7-6-12(9-14(13)16)18-11-5-3-4-10(17)8-11;/h3-9H,1-2H3;1H4. The van der Waals surface area contributed by atoms with E-state index in [4.69, 9.17) is 16.3 Å². The van der Waals surface area contributed by atoms with Gasteiger partial charge in [0.1, 0.15) is 17.3 Å². The maximum absolute atomic E-state index is 13.0. The summed E-state index contributed by atoms with van der Waals surface area (Å²) in [5.41, 5.74) is 1.07. The molecule has 0 spiro atoms. The summed E-state index contributed by atoms with van der Waals surface area (Å²) >= 11 is 6.17. The molecule has 0 unspecified atom stereocenters. The molecule has 0 radical (unpaired) electrons. The topological polar surface area (TPSA) is 9.23 Å². The summed E-state index contributed by atoms with van der Waals surface area (Å²) in [6, 6.07) is 11.5. The summed E-state index contributed by atoms with van der Waals surface area (Å²) in [6.45, 7) is 4.52. The lowest BCUT2D eigenvalue weighted by atomic mass is 9.49. The maximum Gasteiger partial charge on any atom is 0.171 e. The van der Waals surface area contributed by atoms with Crippen LogP contribution in [0.5, 0.6) is 11.5 Å². The smallest absolute Gasteiger partial charge is 0.171 e. The Morgan fingerprint density at radius 2 is 1.74 bits per heavy atom. The van der Waals surface area contributed by atoms with Crippen LogP contribution in [0.1, 0.15) is 7.43 Å². The minimum Gasteiger partial charge on any atom is -0.457 e. The second-order valence-corrected chi connectivity index (χ2v) is 4.80. The molecule has 0 aliphatic heterocycles. The molecule has 4 heteroatoms. The molecule has 0 heterocycles. The fraction of sp³-hybridized carbons (Fsp3) is 0.200. The Balaban J connectivity index is 0.00000180. The van der Waals surface area contributed by atoms with Crippen molar-refractivity contribution in [1.29, 1.82) is 0 Å². The third-order valence-corrected chi connectivity index (χ3v) is 2.95. The average Bonchev–Trinajstić information content (AvgIpc) is 2.28. The predicted octanol–water partition coefficient (Wildman–Crippen LogP) is 4.87. The highest BCUT2D eigenvalue weighted by molar-refractivity contribution is 6.73. The monoisotopic (exact) mass is 278 g/mol. The average molecular weight is 279 g/mol. The van der Waals surface area contributed by atoms with Gasteiger partial charge in [0.05, 0.1) is 0 Å². The molecule has 0 fully saturated rings. The lowest BCUT2D eigenvalue weighted by Crippen LogP contribution is -2.23. The first-order chi connectivity index (χ1) is 8.56. The zero-order valence-corrected chi connectivity index (χ0v) is 11.0. The van der Waals surface area contributed by atoms with Gasteiger partial charge in [-0.15, -0.1) is 0 Å². The van der Waals surface area contributed by atoms with E-state index < -0.39 is 0 Å². The third-order valence-electron chi connectivity index (χ3n) is 2.63. The summed E-state index contributed by atoms with van der Waals surface area (Å²) in [7, 11) is 0. The second kappa shape index (κ2) is 6.62. The second-order valence-electron chi connectivity index (χ2n) is 4.40. The number of hydrogen-bond acceptors (Lipinski definition) is 1. The van der Waals surface area contributed by atoms with E-state index in [0.29, 0.717) is 23.2 Å². The largest absolute Gasteiger partial charge is 0.457 e. The fourth-order valence-corrected chi connectivity index (χ4v) is 2.09. The van der Waals surface area contributed by atoms with Crippen LogP contribution in [0.4, 0.5) is 4.39 Å². The van der Waals surface area contributed by atoms with Gasteiger partial charge >= 0.3 is 0 Å². The molecule has 0 aromatic heterocycles. The lowest BCUT2D eigenvalue weighted by molar-refractivity contribution is 0.477. The van der Waals surface area contributed by atoms with Crippen LogP contribution in [0.3, 0.4) is 0 Å². The van der Waals surface area contributed by atoms with Crippen molar-refractivity contribution in [1.82, 2.24) is 0 Å².